The highest BCUT2D eigenvalue weighted by atomic mass is 31.2. The van der Waals surface area contributed by atoms with Crippen LogP contribution in [-0.4, -0.2) is 5.80 Å². The summed E-state index contributed by atoms with van der Waals surface area (Å²) in [6.45, 7) is -2.18. The maximum atomic E-state index is 9.47. The van der Waals surface area contributed by atoms with E-state index in [4.69, 9.17) is 0 Å². The molecule has 2 nitrogen and oxygen atoms in total. The Balaban J connectivity index is 2.16. The van der Waals surface area contributed by atoms with Gasteiger partial charge in [-0.15, -0.1) is 0 Å². The molecule has 142 valence electrons. The molecule has 0 aromatic heterocycles. The number of nitrogens with zero attached hydrogens (tertiary/aromatic N) is 2. The lowest BCUT2D eigenvalue weighted by Gasteiger charge is -2.29. The van der Waals surface area contributed by atoms with Crippen molar-refractivity contribution in [2.75, 3.05) is 0 Å². The molecule has 0 aliphatic heterocycles. The zero-order chi connectivity index (χ0) is 20.8. The molecular weight excluding hydrogens is 383 g/mol. The topological polar surface area (TPSA) is 47.6 Å². The number of hydrogen-bond acceptors (Lipinski definition) is 2. The Morgan fingerprint density at radius 3 is 1.23 bits per heavy atom. The van der Waals surface area contributed by atoms with Gasteiger partial charge in [0, 0.05) is 0 Å². The summed E-state index contributed by atoms with van der Waals surface area (Å²) >= 11 is 0. The van der Waals surface area contributed by atoms with Crippen molar-refractivity contribution in [3.63, 3.8) is 0 Å². The van der Waals surface area contributed by atoms with Crippen LogP contribution in [-0.2, 0) is 0 Å². The molecule has 4 aromatic carbocycles. The minimum absolute atomic E-state index is 0.493. The van der Waals surface area contributed by atoms with Crippen LogP contribution in [0.5, 0.6) is 0 Å². The second-order valence-electron chi connectivity index (χ2n) is 6.93. The lowest BCUT2D eigenvalue weighted by atomic mass is 10.1. The van der Waals surface area contributed by atoms with Crippen molar-refractivity contribution in [2.24, 2.45) is 0 Å². The summed E-state index contributed by atoms with van der Waals surface area (Å²) < 4.78 is 0. The monoisotopic (exact) mass is 402 g/mol. The Kier molecular flexibility index (Phi) is 5.63. The molecule has 0 spiro atoms. The third kappa shape index (κ3) is 3.70. The van der Waals surface area contributed by atoms with Crippen LogP contribution in [0, 0.1) is 22.7 Å². The van der Waals surface area contributed by atoms with Gasteiger partial charge in [0.2, 0.25) is 0 Å². The molecule has 3 heteroatoms. The summed E-state index contributed by atoms with van der Waals surface area (Å²) in [5, 5.41) is 22.6. The van der Waals surface area contributed by atoms with E-state index in [0.29, 0.717) is 11.1 Å². The van der Waals surface area contributed by atoms with Crippen LogP contribution in [0.3, 0.4) is 0 Å². The standard InChI is InChI=1S/C27H19N2P/c28-19-22-16-23(20-29)18-24(17-22)21-30(25-10-4-1-5-11-25,26-12-6-2-7-13-26)27-14-8-3-9-15-27/h1-18,21H. The molecular formula is C27H19N2P. The summed E-state index contributed by atoms with van der Waals surface area (Å²) in [4.78, 5) is 0. The molecule has 0 aliphatic rings. The SMILES string of the molecule is N#Cc1cc(C#N)cc(C=P(c2ccccc2)(c2ccccc2)c2ccccc2)c1. The molecule has 0 radical (unpaired) electrons. The van der Waals surface area contributed by atoms with Crippen LogP contribution >= 0.6 is 6.89 Å². The number of hydrogen-bond donors (Lipinski definition) is 0. The smallest absolute Gasteiger partial charge is 0.0992 e. The van der Waals surface area contributed by atoms with E-state index in [1.807, 2.05) is 30.3 Å². The van der Waals surface area contributed by atoms with E-state index >= 15 is 0 Å². The number of benzene rings is 4. The molecule has 0 unspecified atom stereocenters. The zero-order valence-electron chi connectivity index (χ0n) is 16.3. The second kappa shape index (κ2) is 8.67. The highest BCUT2D eigenvalue weighted by molar-refractivity contribution is 7.94. The number of rotatable bonds is 4. The Hall–Kier alpha value is -3.84. The molecule has 0 saturated carbocycles. The van der Waals surface area contributed by atoms with Crippen LogP contribution in [0.1, 0.15) is 16.7 Å². The first-order chi connectivity index (χ1) is 14.8. The quantitative estimate of drug-likeness (QED) is 0.470. The van der Waals surface area contributed by atoms with E-state index in [1.165, 1.54) is 15.9 Å². The van der Waals surface area contributed by atoms with Gasteiger partial charge >= 0.3 is 0 Å². The molecule has 4 aromatic rings. The zero-order valence-corrected chi connectivity index (χ0v) is 17.2. The van der Waals surface area contributed by atoms with Crippen molar-refractivity contribution in [2.45, 2.75) is 0 Å². The van der Waals surface area contributed by atoms with Crippen molar-refractivity contribution >= 4 is 28.6 Å². The largest absolute Gasteiger partial charge is 0.192 e. The van der Waals surface area contributed by atoms with Gasteiger partial charge in [0.1, 0.15) is 0 Å². The summed E-state index contributed by atoms with van der Waals surface area (Å²) in [6, 6.07) is 41.2. The van der Waals surface area contributed by atoms with Crippen molar-refractivity contribution in [3.05, 3.63) is 126 Å². The minimum atomic E-state index is -2.18. The van der Waals surface area contributed by atoms with Gasteiger partial charge in [-0.3, -0.25) is 0 Å². The van der Waals surface area contributed by atoms with Gasteiger partial charge in [-0.25, -0.2) is 0 Å². The molecule has 0 heterocycles. The molecule has 30 heavy (non-hydrogen) atoms. The lowest BCUT2D eigenvalue weighted by Crippen LogP contribution is -2.27. The van der Waals surface area contributed by atoms with Crippen LogP contribution < -0.4 is 15.9 Å². The average molecular weight is 402 g/mol. The van der Waals surface area contributed by atoms with Gasteiger partial charge in [0.05, 0.1) is 23.3 Å². The molecule has 0 saturated heterocycles. The first-order valence-electron chi connectivity index (χ1n) is 9.63. The minimum Gasteiger partial charge on any atom is -0.192 e. The molecule has 0 fully saturated rings. The van der Waals surface area contributed by atoms with Crippen molar-refractivity contribution < 1.29 is 0 Å². The Labute approximate surface area is 177 Å². The van der Waals surface area contributed by atoms with Crippen molar-refractivity contribution in [3.8, 4) is 12.1 Å². The van der Waals surface area contributed by atoms with Crippen molar-refractivity contribution in [1.82, 2.24) is 0 Å². The van der Waals surface area contributed by atoms with E-state index in [9.17, 15) is 10.5 Å². The second-order valence-corrected chi connectivity index (χ2v) is 10.2. The molecule has 4 rings (SSSR count). The van der Waals surface area contributed by atoms with E-state index in [1.54, 1.807) is 6.07 Å². The first-order valence-corrected chi connectivity index (χ1v) is 11.5. The Morgan fingerprint density at radius 2 is 0.900 bits per heavy atom. The Bertz CT molecular complexity index is 1160. The first kappa shape index (κ1) is 19.5. The predicted octanol–water partition coefficient (Wildman–Crippen LogP) is 4.57. The fraction of sp³-hybridized carbons (Fsp3) is 0. The summed E-state index contributed by atoms with van der Waals surface area (Å²) in [5.74, 6) is 2.27. The maximum absolute atomic E-state index is 9.47. The van der Waals surface area contributed by atoms with Crippen molar-refractivity contribution in [1.29, 1.82) is 10.5 Å². The van der Waals surface area contributed by atoms with Gasteiger partial charge < -0.3 is 0 Å². The fourth-order valence-corrected chi connectivity index (χ4v) is 7.60. The predicted molar refractivity (Wildman–Crippen MR) is 126 cm³/mol. The highest BCUT2D eigenvalue weighted by Crippen LogP contribution is 2.44. The fourth-order valence-electron chi connectivity index (χ4n) is 3.74. The molecule has 0 bridgehead atoms. The third-order valence-electron chi connectivity index (χ3n) is 5.05. The summed E-state index contributed by atoms with van der Waals surface area (Å²) in [7, 11) is 0. The highest BCUT2D eigenvalue weighted by Gasteiger charge is 2.25. The molecule has 0 aliphatic carbocycles. The van der Waals surface area contributed by atoms with E-state index in [-0.39, 0.29) is 0 Å². The van der Waals surface area contributed by atoms with Gasteiger partial charge in [0.25, 0.3) is 0 Å². The molecule has 0 amide bonds. The molecule has 0 atom stereocenters. The Morgan fingerprint density at radius 1 is 0.533 bits per heavy atom. The van der Waals surface area contributed by atoms with Gasteiger partial charge in [-0.2, -0.15) is 10.5 Å². The number of nitriles is 2. The maximum Gasteiger partial charge on any atom is 0.0992 e. The van der Waals surface area contributed by atoms with E-state index in [2.05, 4.69) is 90.7 Å². The lowest BCUT2D eigenvalue weighted by molar-refractivity contribution is 1.44. The average Bonchev–Trinajstić information content (AvgIpc) is 2.84. The summed E-state index contributed by atoms with van der Waals surface area (Å²) in [5.41, 5.74) is 1.87. The molecule has 0 N–H and O–H groups in total. The van der Waals surface area contributed by atoms with Crippen LogP contribution in [0.4, 0.5) is 0 Å². The van der Waals surface area contributed by atoms with E-state index < -0.39 is 6.89 Å². The van der Waals surface area contributed by atoms with E-state index in [0.717, 1.165) is 5.56 Å². The normalized spacial score (nSPS) is 10.6. The van der Waals surface area contributed by atoms with Gasteiger partial charge in [0.15, 0.2) is 0 Å². The van der Waals surface area contributed by atoms with Crippen LogP contribution in [0.2, 0.25) is 0 Å². The van der Waals surface area contributed by atoms with Crippen LogP contribution in [0.25, 0.3) is 0 Å². The third-order valence-corrected chi connectivity index (χ3v) is 9.07. The summed E-state index contributed by atoms with van der Waals surface area (Å²) in [6.07, 6.45) is 0. The van der Waals surface area contributed by atoms with Crippen LogP contribution in [0.15, 0.2) is 109 Å². The van der Waals surface area contributed by atoms with Gasteiger partial charge in [-0.05, 0) is 52.4 Å². The van der Waals surface area contributed by atoms with Gasteiger partial charge in [-0.1, -0.05) is 91.0 Å².